The van der Waals surface area contributed by atoms with Crippen LogP contribution in [-0.2, 0) is 17.8 Å². The first-order valence-corrected chi connectivity index (χ1v) is 11.9. The highest BCUT2D eigenvalue weighted by Crippen LogP contribution is 2.29. The fourth-order valence-electron chi connectivity index (χ4n) is 4.93. The number of hydrogen-bond donors (Lipinski definition) is 3. The Bertz CT molecular complexity index is 1130. The van der Waals surface area contributed by atoms with Crippen molar-refractivity contribution in [2.75, 3.05) is 20.1 Å². The molecule has 8 heteroatoms. The van der Waals surface area contributed by atoms with Gasteiger partial charge in [-0.1, -0.05) is 23.2 Å². The van der Waals surface area contributed by atoms with E-state index in [-0.39, 0.29) is 17.7 Å². The van der Waals surface area contributed by atoms with Crippen LogP contribution in [0, 0.1) is 5.92 Å². The van der Waals surface area contributed by atoms with Crippen LogP contribution in [-0.4, -0.2) is 63.2 Å². The molecule has 1 unspecified atom stereocenters. The van der Waals surface area contributed by atoms with Crippen molar-refractivity contribution >= 4 is 40.0 Å². The molecule has 3 N–H and O–H groups in total. The molecule has 2 heterocycles. The topological polar surface area (TPSA) is 79.8 Å². The summed E-state index contributed by atoms with van der Waals surface area (Å²) in [6.07, 6.45) is 2.60. The van der Waals surface area contributed by atoms with E-state index in [1.54, 1.807) is 25.1 Å². The number of fused-ring (bicyclic) bond motifs is 1. The molecule has 1 fully saturated rings. The quantitative estimate of drug-likeness (QED) is 0.457. The van der Waals surface area contributed by atoms with Gasteiger partial charge in [-0.15, -0.1) is 0 Å². The van der Waals surface area contributed by atoms with Crippen molar-refractivity contribution in [3.8, 4) is 5.75 Å². The number of nitrogens with zero attached hydrogens (tertiary/aromatic N) is 2. The lowest BCUT2D eigenvalue weighted by atomic mass is 9.85. The van der Waals surface area contributed by atoms with Gasteiger partial charge in [0.05, 0.1) is 12.0 Å². The molecule has 1 saturated heterocycles. The number of H-pyrrole nitrogens is 1. The van der Waals surface area contributed by atoms with E-state index in [9.17, 15) is 15.0 Å². The molecule has 2 aromatic carbocycles. The van der Waals surface area contributed by atoms with Crippen LogP contribution in [0.1, 0.15) is 24.5 Å². The van der Waals surface area contributed by atoms with E-state index in [1.807, 2.05) is 36.3 Å². The summed E-state index contributed by atoms with van der Waals surface area (Å²) in [4.78, 5) is 20.5. The number of phenols is 1. The van der Waals surface area contributed by atoms with Crippen LogP contribution in [0.3, 0.4) is 0 Å². The standard InChI is InChI=1S/C25H29Cl2N3O3/c1-15(31)24-23(29(2)14-16-9-18(26)11-19(27)10-16)6-8-30(25(24)33)7-5-17-13-28-22-4-3-20(32)12-21(17)22/h3-4,9-13,15,23-24,28,31-32H,5-8,14H2,1-2H3/t15?,23-,24-/m0/s1. The molecule has 33 heavy (non-hydrogen) atoms. The van der Waals surface area contributed by atoms with Gasteiger partial charge in [0.15, 0.2) is 0 Å². The number of carbonyl (C=O) groups excluding carboxylic acids is 1. The SMILES string of the molecule is CC(O)[C@@H]1C(=O)N(CCc2c[nH]c3ccc(O)cc23)CC[C@@H]1N(C)Cc1cc(Cl)cc(Cl)c1. The Balaban J connectivity index is 1.45. The first-order valence-electron chi connectivity index (χ1n) is 11.1. The molecule has 0 spiro atoms. The van der Waals surface area contributed by atoms with Crippen molar-refractivity contribution in [3.63, 3.8) is 0 Å². The summed E-state index contributed by atoms with van der Waals surface area (Å²) < 4.78 is 0. The molecule has 0 radical (unpaired) electrons. The number of piperidine rings is 1. The molecule has 3 atom stereocenters. The summed E-state index contributed by atoms with van der Waals surface area (Å²) in [5.74, 6) is -0.316. The van der Waals surface area contributed by atoms with Crippen molar-refractivity contribution in [2.45, 2.75) is 38.5 Å². The number of aromatic nitrogens is 1. The number of halogens is 2. The smallest absolute Gasteiger partial charge is 0.229 e. The summed E-state index contributed by atoms with van der Waals surface area (Å²) >= 11 is 12.3. The number of amides is 1. The number of benzene rings is 2. The summed E-state index contributed by atoms with van der Waals surface area (Å²) in [5.41, 5.74) is 2.98. The van der Waals surface area contributed by atoms with Crippen LogP contribution >= 0.6 is 23.2 Å². The number of hydrogen-bond acceptors (Lipinski definition) is 4. The van der Waals surface area contributed by atoms with E-state index < -0.39 is 12.0 Å². The lowest BCUT2D eigenvalue weighted by Gasteiger charge is -2.43. The average molecular weight is 490 g/mol. The van der Waals surface area contributed by atoms with Gasteiger partial charge >= 0.3 is 0 Å². The summed E-state index contributed by atoms with van der Waals surface area (Å²) in [7, 11) is 1.97. The van der Waals surface area contributed by atoms with Crippen LogP contribution in [0.5, 0.6) is 5.75 Å². The van der Waals surface area contributed by atoms with Crippen LogP contribution < -0.4 is 0 Å². The second-order valence-corrected chi connectivity index (χ2v) is 9.81. The minimum atomic E-state index is -0.763. The Hall–Kier alpha value is -2.25. The summed E-state index contributed by atoms with van der Waals surface area (Å²) in [6, 6.07) is 10.6. The van der Waals surface area contributed by atoms with E-state index in [4.69, 9.17) is 23.2 Å². The van der Waals surface area contributed by atoms with Crippen molar-refractivity contribution in [2.24, 2.45) is 5.92 Å². The molecule has 1 aliphatic heterocycles. The number of phenolic OH excluding ortho intramolecular Hbond substituents is 1. The van der Waals surface area contributed by atoms with Crippen LogP contribution in [0.15, 0.2) is 42.6 Å². The Morgan fingerprint density at radius 2 is 1.94 bits per heavy atom. The van der Waals surface area contributed by atoms with Crippen LogP contribution in [0.2, 0.25) is 10.0 Å². The van der Waals surface area contributed by atoms with Gasteiger partial charge in [-0.05, 0) is 74.3 Å². The lowest BCUT2D eigenvalue weighted by molar-refractivity contribution is -0.147. The second-order valence-electron chi connectivity index (χ2n) is 8.93. The van der Waals surface area contributed by atoms with Gasteiger partial charge in [-0.3, -0.25) is 9.69 Å². The first-order chi connectivity index (χ1) is 15.7. The van der Waals surface area contributed by atoms with Crippen molar-refractivity contribution in [1.82, 2.24) is 14.8 Å². The molecule has 0 bridgehead atoms. The molecule has 3 aromatic rings. The summed E-state index contributed by atoms with van der Waals surface area (Å²) in [6.45, 7) is 3.46. The normalized spacial score (nSPS) is 20.1. The van der Waals surface area contributed by atoms with Crippen LogP contribution in [0.25, 0.3) is 10.9 Å². The fraction of sp³-hybridized carbons (Fsp3) is 0.400. The predicted octanol–water partition coefficient (Wildman–Crippen LogP) is 4.45. The minimum absolute atomic E-state index is 0.0279. The maximum atomic E-state index is 13.4. The third kappa shape index (κ3) is 5.30. The molecular formula is C25H29Cl2N3O3. The highest BCUT2D eigenvalue weighted by atomic mass is 35.5. The Kier molecular flexibility index (Phi) is 7.19. The van der Waals surface area contributed by atoms with Gasteiger partial charge in [0.25, 0.3) is 0 Å². The fourth-order valence-corrected chi connectivity index (χ4v) is 5.50. The first kappa shape index (κ1) is 23.9. The number of carbonyl (C=O) groups is 1. The number of likely N-dealkylation sites (tertiary alicyclic amines) is 1. The van der Waals surface area contributed by atoms with E-state index in [1.165, 1.54) is 0 Å². The Labute approximate surface area is 203 Å². The number of rotatable bonds is 7. The average Bonchev–Trinajstić information content (AvgIpc) is 3.13. The molecule has 0 aliphatic carbocycles. The van der Waals surface area contributed by atoms with E-state index in [0.29, 0.717) is 36.1 Å². The third-order valence-electron chi connectivity index (χ3n) is 6.55. The summed E-state index contributed by atoms with van der Waals surface area (Å²) in [5, 5.41) is 22.5. The Morgan fingerprint density at radius 3 is 2.64 bits per heavy atom. The van der Waals surface area contributed by atoms with Crippen molar-refractivity contribution in [1.29, 1.82) is 0 Å². The predicted molar refractivity (Wildman–Crippen MR) is 132 cm³/mol. The van der Waals surface area contributed by atoms with Gasteiger partial charge in [0.1, 0.15) is 5.75 Å². The largest absolute Gasteiger partial charge is 0.508 e. The van der Waals surface area contributed by atoms with Gasteiger partial charge in [0, 0.05) is 52.8 Å². The van der Waals surface area contributed by atoms with Crippen LogP contribution in [0.4, 0.5) is 0 Å². The lowest BCUT2D eigenvalue weighted by Crippen LogP contribution is -2.56. The molecule has 176 valence electrons. The maximum absolute atomic E-state index is 13.4. The van der Waals surface area contributed by atoms with Gasteiger partial charge in [-0.25, -0.2) is 0 Å². The number of aromatic amines is 1. The van der Waals surface area contributed by atoms with Gasteiger partial charge < -0.3 is 20.1 Å². The van der Waals surface area contributed by atoms with Gasteiger partial charge in [0.2, 0.25) is 5.91 Å². The molecule has 4 rings (SSSR count). The molecular weight excluding hydrogens is 461 g/mol. The highest BCUT2D eigenvalue weighted by Gasteiger charge is 2.41. The number of aromatic hydroxyl groups is 1. The van der Waals surface area contributed by atoms with E-state index >= 15 is 0 Å². The molecule has 1 amide bonds. The second kappa shape index (κ2) is 9.94. The Morgan fingerprint density at radius 1 is 1.21 bits per heavy atom. The molecule has 0 saturated carbocycles. The van der Waals surface area contributed by atoms with Crippen molar-refractivity contribution in [3.05, 3.63) is 63.8 Å². The van der Waals surface area contributed by atoms with E-state index in [0.717, 1.165) is 28.5 Å². The van der Waals surface area contributed by atoms with Crippen molar-refractivity contribution < 1.29 is 15.0 Å². The van der Waals surface area contributed by atoms with E-state index in [2.05, 4.69) is 9.88 Å². The number of aliphatic hydroxyl groups excluding tert-OH is 1. The molecule has 1 aliphatic rings. The highest BCUT2D eigenvalue weighted by molar-refractivity contribution is 6.34. The monoisotopic (exact) mass is 489 g/mol. The molecule has 6 nitrogen and oxygen atoms in total. The zero-order valence-electron chi connectivity index (χ0n) is 18.8. The number of nitrogens with one attached hydrogen (secondary N) is 1. The zero-order chi connectivity index (χ0) is 23.7. The minimum Gasteiger partial charge on any atom is -0.508 e. The maximum Gasteiger partial charge on any atom is 0.229 e. The number of aliphatic hydroxyl groups is 1. The molecule has 1 aromatic heterocycles. The van der Waals surface area contributed by atoms with Gasteiger partial charge in [-0.2, -0.15) is 0 Å². The zero-order valence-corrected chi connectivity index (χ0v) is 20.3. The third-order valence-corrected chi connectivity index (χ3v) is 6.98.